The molecule has 0 fully saturated rings. The van der Waals surface area contributed by atoms with Crippen LogP contribution in [0.5, 0.6) is 5.75 Å². The molecule has 29 heavy (non-hydrogen) atoms. The molecule has 2 aromatic carbocycles. The lowest BCUT2D eigenvalue weighted by Gasteiger charge is -2.11. The van der Waals surface area contributed by atoms with Gasteiger partial charge in [0.2, 0.25) is 17.8 Å². The minimum absolute atomic E-state index is 0.116. The minimum Gasteiger partial charge on any atom is -0.494 e. The van der Waals surface area contributed by atoms with Crippen LogP contribution in [0.4, 0.5) is 29.2 Å². The smallest absolute Gasteiger partial charge is 0.233 e. The van der Waals surface area contributed by atoms with Gasteiger partial charge in [-0.1, -0.05) is 6.07 Å². The fourth-order valence-electron chi connectivity index (χ4n) is 2.79. The molecule has 0 aliphatic rings. The quantitative estimate of drug-likeness (QED) is 0.407. The Bertz CT molecular complexity index is 926. The molecule has 152 valence electrons. The molecule has 0 radical (unpaired) electrons. The summed E-state index contributed by atoms with van der Waals surface area (Å²) in [5.74, 6) is 2.07. The fourth-order valence-corrected chi connectivity index (χ4v) is 2.79. The van der Waals surface area contributed by atoms with E-state index in [2.05, 4.69) is 50.8 Å². The van der Waals surface area contributed by atoms with Crippen molar-refractivity contribution in [2.75, 3.05) is 36.2 Å². The maximum Gasteiger partial charge on any atom is 0.233 e. The van der Waals surface area contributed by atoms with Crippen molar-refractivity contribution in [2.45, 2.75) is 20.3 Å². The number of aliphatic hydroxyl groups is 1. The molecule has 8 heteroatoms. The van der Waals surface area contributed by atoms with Crippen molar-refractivity contribution in [3.63, 3.8) is 0 Å². The Morgan fingerprint density at radius 1 is 0.828 bits per heavy atom. The van der Waals surface area contributed by atoms with Crippen molar-refractivity contribution in [2.24, 2.45) is 0 Å². The molecule has 0 aliphatic heterocycles. The molecule has 8 nitrogen and oxygen atoms in total. The van der Waals surface area contributed by atoms with Gasteiger partial charge in [0.1, 0.15) is 5.75 Å². The molecule has 1 aromatic heterocycles. The highest BCUT2D eigenvalue weighted by Crippen LogP contribution is 2.22. The van der Waals surface area contributed by atoms with Gasteiger partial charge < -0.3 is 25.8 Å². The second kappa shape index (κ2) is 9.70. The number of nitrogens with zero attached hydrogens (tertiary/aromatic N) is 3. The van der Waals surface area contributed by atoms with Gasteiger partial charge in [0.05, 0.1) is 6.61 Å². The molecule has 3 rings (SSSR count). The monoisotopic (exact) mass is 394 g/mol. The third-order valence-electron chi connectivity index (χ3n) is 4.02. The summed E-state index contributed by atoms with van der Waals surface area (Å²) in [6, 6.07) is 13.7. The van der Waals surface area contributed by atoms with E-state index in [1.165, 1.54) is 0 Å². The molecular formula is C21H26N6O2. The van der Waals surface area contributed by atoms with Crippen molar-refractivity contribution >= 4 is 29.2 Å². The van der Waals surface area contributed by atoms with Gasteiger partial charge in [0, 0.05) is 31.5 Å². The van der Waals surface area contributed by atoms with Crippen molar-refractivity contribution in [3.8, 4) is 5.75 Å². The molecule has 0 spiro atoms. The number of ether oxygens (including phenoxy) is 1. The summed E-state index contributed by atoms with van der Waals surface area (Å²) in [5.41, 5.74) is 4.07. The molecule has 1 heterocycles. The molecule has 0 atom stereocenters. The first-order valence-electron chi connectivity index (χ1n) is 9.45. The van der Waals surface area contributed by atoms with E-state index in [1.54, 1.807) is 7.05 Å². The van der Waals surface area contributed by atoms with Crippen molar-refractivity contribution < 1.29 is 9.84 Å². The number of anilines is 5. The Kier molecular flexibility index (Phi) is 6.80. The lowest BCUT2D eigenvalue weighted by atomic mass is 10.1. The van der Waals surface area contributed by atoms with Gasteiger partial charge in [-0.15, -0.1) is 0 Å². The van der Waals surface area contributed by atoms with Gasteiger partial charge in [-0.25, -0.2) is 0 Å². The second-order valence-corrected chi connectivity index (χ2v) is 6.63. The van der Waals surface area contributed by atoms with Gasteiger partial charge in [-0.2, -0.15) is 15.0 Å². The van der Waals surface area contributed by atoms with Crippen LogP contribution < -0.4 is 20.7 Å². The highest BCUT2D eigenvalue weighted by Gasteiger charge is 2.07. The molecule has 0 saturated carbocycles. The Morgan fingerprint density at radius 2 is 1.41 bits per heavy atom. The number of aromatic nitrogens is 3. The zero-order valence-electron chi connectivity index (χ0n) is 16.9. The number of rotatable bonds is 9. The number of nitrogens with one attached hydrogen (secondary N) is 3. The second-order valence-electron chi connectivity index (χ2n) is 6.63. The van der Waals surface area contributed by atoms with Crippen LogP contribution in [-0.2, 0) is 0 Å². The summed E-state index contributed by atoms with van der Waals surface area (Å²) < 4.78 is 5.54. The van der Waals surface area contributed by atoms with Crippen LogP contribution in [0.2, 0.25) is 0 Å². The minimum atomic E-state index is 0.116. The molecule has 0 aliphatic carbocycles. The number of hydrogen-bond donors (Lipinski definition) is 4. The Hall–Kier alpha value is -3.39. The van der Waals surface area contributed by atoms with Crippen LogP contribution in [0.15, 0.2) is 42.5 Å². The summed E-state index contributed by atoms with van der Waals surface area (Å²) in [4.78, 5) is 13.2. The van der Waals surface area contributed by atoms with E-state index in [0.717, 1.165) is 28.3 Å². The summed E-state index contributed by atoms with van der Waals surface area (Å²) in [6.07, 6.45) is 0.605. The summed E-state index contributed by atoms with van der Waals surface area (Å²) in [5, 5.41) is 18.2. The van der Waals surface area contributed by atoms with Crippen LogP contribution in [0.1, 0.15) is 17.5 Å². The topological polar surface area (TPSA) is 104 Å². The van der Waals surface area contributed by atoms with Crippen LogP contribution in [0.25, 0.3) is 0 Å². The normalized spacial score (nSPS) is 10.5. The van der Waals surface area contributed by atoms with Crippen molar-refractivity contribution in [1.82, 2.24) is 15.0 Å². The van der Waals surface area contributed by atoms with E-state index >= 15 is 0 Å². The third kappa shape index (κ3) is 6.05. The molecular weight excluding hydrogens is 368 g/mol. The lowest BCUT2D eigenvalue weighted by molar-refractivity contribution is 0.233. The lowest BCUT2D eigenvalue weighted by Crippen LogP contribution is -2.07. The summed E-state index contributed by atoms with van der Waals surface area (Å²) in [7, 11) is 1.76. The zero-order chi connectivity index (χ0) is 20.6. The predicted octanol–water partition coefficient (Wildman–Crippen LogP) is 3.78. The molecule has 0 unspecified atom stereocenters. The van der Waals surface area contributed by atoms with E-state index in [-0.39, 0.29) is 6.61 Å². The van der Waals surface area contributed by atoms with E-state index in [9.17, 15) is 0 Å². The van der Waals surface area contributed by atoms with Gasteiger partial charge in [-0.3, -0.25) is 0 Å². The molecule has 4 N–H and O–H groups in total. The fraction of sp³-hybridized carbons (Fsp3) is 0.286. The summed E-state index contributed by atoms with van der Waals surface area (Å²) >= 11 is 0. The van der Waals surface area contributed by atoms with Gasteiger partial charge in [-0.05, 0) is 61.4 Å². The predicted molar refractivity (Wildman–Crippen MR) is 115 cm³/mol. The SMILES string of the molecule is CNc1nc(Nc2ccc(OCCCO)cc2)nc(Nc2cc(C)cc(C)c2)n1. The first-order chi connectivity index (χ1) is 14.1. The first-order valence-corrected chi connectivity index (χ1v) is 9.45. The van der Waals surface area contributed by atoms with E-state index in [1.807, 2.05) is 36.4 Å². The highest BCUT2D eigenvalue weighted by molar-refractivity contribution is 5.60. The van der Waals surface area contributed by atoms with Crippen LogP contribution >= 0.6 is 0 Å². The van der Waals surface area contributed by atoms with Gasteiger partial charge >= 0.3 is 0 Å². The number of aliphatic hydroxyl groups excluding tert-OH is 1. The maximum absolute atomic E-state index is 8.82. The van der Waals surface area contributed by atoms with Crippen LogP contribution in [-0.4, -0.2) is 40.3 Å². The largest absolute Gasteiger partial charge is 0.494 e. The molecule has 3 aromatic rings. The van der Waals surface area contributed by atoms with Gasteiger partial charge in [0.25, 0.3) is 0 Å². The third-order valence-corrected chi connectivity index (χ3v) is 4.02. The van der Waals surface area contributed by atoms with Crippen molar-refractivity contribution in [1.29, 1.82) is 0 Å². The molecule has 0 saturated heterocycles. The average molecular weight is 394 g/mol. The van der Waals surface area contributed by atoms with E-state index in [0.29, 0.717) is 30.9 Å². The van der Waals surface area contributed by atoms with E-state index in [4.69, 9.17) is 9.84 Å². The number of hydrogen-bond acceptors (Lipinski definition) is 8. The maximum atomic E-state index is 8.82. The Labute approximate surface area is 170 Å². The van der Waals surface area contributed by atoms with Gasteiger partial charge in [0.15, 0.2) is 0 Å². The Morgan fingerprint density at radius 3 is 2.00 bits per heavy atom. The van der Waals surface area contributed by atoms with E-state index < -0.39 is 0 Å². The van der Waals surface area contributed by atoms with Crippen LogP contribution in [0.3, 0.4) is 0 Å². The average Bonchev–Trinajstić information content (AvgIpc) is 2.68. The van der Waals surface area contributed by atoms with Crippen molar-refractivity contribution in [3.05, 3.63) is 53.6 Å². The standard InChI is InChI=1S/C21H26N6O2/c1-14-11-15(2)13-17(12-14)24-21-26-19(22-3)25-20(27-21)23-16-5-7-18(8-6-16)29-10-4-9-28/h5-8,11-13,28H,4,9-10H2,1-3H3,(H3,22,23,24,25,26,27). The zero-order valence-corrected chi connectivity index (χ0v) is 16.9. The summed E-state index contributed by atoms with van der Waals surface area (Å²) in [6.45, 7) is 4.70. The number of aryl methyl sites for hydroxylation is 2. The molecule has 0 bridgehead atoms. The highest BCUT2D eigenvalue weighted by atomic mass is 16.5. The number of benzene rings is 2. The Balaban J connectivity index is 1.74. The van der Waals surface area contributed by atoms with Crippen LogP contribution in [0, 0.1) is 13.8 Å². The first kappa shape index (κ1) is 20.3. The molecule has 0 amide bonds.